The molecular weight excluding hydrogens is 580 g/mol. The summed E-state index contributed by atoms with van der Waals surface area (Å²) in [6.45, 7) is 9.99. The van der Waals surface area contributed by atoms with Crippen molar-refractivity contribution in [3.05, 3.63) is 35.0 Å². The third kappa shape index (κ3) is 5.50. The van der Waals surface area contributed by atoms with Crippen LogP contribution in [0.3, 0.4) is 0 Å². The summed E-state index contributed by atoms with van der Waals surface area (Å²) in [6.07, 6.45) is 1.85. The number of carbonyl (C=O) groups excluding carboxylic acids is 4. The molecule has 0 radical (unpaired) electrons. The van der Waals surface area contributed by atoms with E-state index >= 15 is 0 Å². The van der Waals surface area contributed by atoms with E-state index in [2.05, 4.69) is 20.9 Å². The fourth-order valence-electron chi connectivity index (χ4n) is 7.25. The van der Waals surface area contributed by atoms with Crippen molar-refractivity contribution in [2.45, 2.75) is 63.6 Å². The number of aromatic amines is 1. The van der Waals surface area contributed by atoms with Gasteiger partial charge in [-0.2, -0.15) is 5.10 Å². The summed E-state index contributed by atoms with van der Waals surface area (Å²) in [6, 6.07) is 4.97. The van der Waals surface area contributed by atoms with Crippen LogP contribution in [0, 0.1) is 0 Å². The van der Waals surface area contributed by atoms with Crippen LogP contribution in [-0.2, 0) is 9.47 Å². The molecule has 5 heterocycles. The number of ketones is 1. The van der Waals surface area contributed by atoms with Crippen molar-refractivity contribution in [3.63, 3.8) is 0 Å². The van der Waals surface area contributed by atoms with E-state index in [1.54, 1.807) is 16.0 Å². The van der Waals surface area contributed by atoms with Crippen LogP contribution in [0.5, 0.6) is 0 Å². The number of ether oxygens (including phenoxy) is 2. The molecule has 45 heavy (non-hydrogen) atoms. The number of morpholine rings is 1. The van der Waals surface area contributed by atoms with Crippen molar-refractivity contribution in [2.75, 3.05) is 57.8 Å². The average molecular weight is 621 g/mol. The summed E-state index contributed by atoms with van der Waals surface area (Å²) >= 11 is 0. The van der Waals surface area contributed by atoms with Crippen LogP contribution in [-0.4, -0.2) is 124 Å². The molecule has 1 aliphatic carbocycles. The van der Waals surface area contributed by atoms with Gasteiger partial charge in [0.1, 0.15) is 11.3 Å². The molecule has 4 saturated heterocycles. The number of hydrogen-bond donors (Lipinski definition) is 3. The second-order valence-corrected chi connectivity index (χ2v) is 13.5. The molecule has 14 nitrogen and oxygen atoms in total. The molecule has 2 aromatic rings. The van der Waals surface area contributed by atoms with Crippen LogP contribution in [0.25, 0.3) is 11.3 Å². The van der Waals surface area contributed by atoms with Gasteiger partial charge in [-0.05, 0) is 46.1 Å². The third-order valence-corrected chi connectivity index (χ3v) is 9.37. The zero-order chi connectivity index (χ0) is 31.5. The van der Waals surface area contributed by atoms with Crippen LogP contribution in [0.1, 0.15) is 67.6 Å². The maximum absolute atomic E-state index is 13.8. The van der Waals surface area contributed by atoms with Gasteiger partial charge in [-0.25, -0.2) is 19.4 Å². The van der Waals surface area contributed by atoms with E-state index in [1.165, 1.54) is 0 Å². The van der Waals surface area contributed by atoms with E-state index < -0.39 is 11.6 Å². The lowest BCUT2D eigenvalue weighted by molar-refractivity contribution is 0.0138. The number of carbonyl (C=O) groups is 4. The minimum absolute atomic E-state index is 0.00139. The van der Waals surface area contributed by atoms with Gasteiger partial charge in [-0.15, -0.1) is 0 Å². The Morgan fingerprint density at radius 2 is 1.71 bits per heavy atom. The molecule has 7 rings (SSSR count). The van der Waals surface area contributed by atoms with Gasteiger partial charge >= 0.3 is 18.2 Å². The van der Waals surface area contributed by atoms with Gasteiger partial charge in [0, 0.05) is 50.7 Å². The van der Waals surface area contributed by atoms with Gasteiger partial charge < -0.3 is 29.5 Å². The Morgan fingerprint density at radius 1 is 1.00 bits per heavy atom. The minimum Gasteiger partial charge on any atom is -0.444 e. The summed E-state index contributed by atoms with van der Waals surface area (Å²) < 4.78 is 10.9. The van der Waals surface area contributed by atoms with Gasteiger partial charge in [-0.1, -0.05) is 12.1 Å². The molecule has 3 N–H and O–H groups in total. The Hall–Kier alpha value is -4.17. The predicted molar refractivity (Wildman–Crippen MR) is 163 cm³/mol. The highest BCUT2D eigenvalue weighted by molar-refractivity contribution is 6.25. The predicted octanol–water partition coefficient (Wildman–Crippen LogP) is 2.98. The summed E-state index contributed by atoms with van der Waals surface area (Å²) in [5, 5.41) is 12.3. The lowest BCUT2D eigenvalue weighted by atomic mass is 9.90. The monoisotopic (exact) mass is 620 g/mol. The van der Waals surface area contributed by atoms with Crippen LogP contribution in [0.15, 0.2) is 18.2 Å². The number of likely N-dealkylation sites (tertiary alicyclic amines) is 3. The topological polar surface area (TPSA) is 152 Å². The van der Waals surface area contributed by atoms with Crippen LogP contribution in [0.4, 0.5) is 20.1 Å². The number of rotatable bonds is 3. The molecule has 4 aliphatic heterocycles. The quantitative estimate of drug-likeness (QED) is 0.404. The van der Waals surface area contributed by atoms with Gasteiger partial charge in [-0.3, -0.25) is 15.3 Å². The number of fused-ring (bicyclic) bond motifs is 5. The van der Waals surface area contributed by atoms with E-state index in [0.29, 0.717) is 93.4 Å². The molecule has 0 saturated carbocycles. The molecule has 5 amide bonds. The number of urea groups is 2. The molecule has 2 bridgehead atoms. The van der Waals surface area contributed by atoms with Crippen LogP contribution < -0.4 is 10.7 Å². The van der Waals surface area contributed by atoms with Crippen LogP contribution in [0.2, 0.25) is 0 Å². The first-order chi connectivity index (χ1) is 21.6. The van der Waals surface area contributed by atoms with Gasteiger partial charge in [0.2, 0.25) is 0 Å². The first-order valence-electron chi connectivity index (χ1n) is 15.8. The Morgan fingerprint density at radius 3 is 2.40 bits per heavy atom. The van der Waals surface area contributed by atoms with Gasteiger partial charge in [0.05, 0.1) is 47.8 Å². The Balaban J connectivity index is 0.972. The summed E-state index contributed by atoms with van der Waals surface area (Å²) in [7, 11) is 0. The molecule has 1 aromatic carbocycles. The number of hydrazine groups is 1. The number of hydrogen-bond acceptors (Lipinski definition) is 8. The normalized spacial score (nSPS) is 23.3. The van der Waals surface area contributed by atoms with Crippen molar-refractivity contribution in [2.24, 2.45) is 0 Å². The Kier molecular flexibility index (Phi) is 7.43. The Bertz CT molecular complexity index is 1520. The number of benzene rings is 1. The lowest BCUT2D eigenvalue weighted by Crippen LogP contribution is -2.55. The number of piperidine rings is 1. The van der Waals surface area contributed by atoms with Crippen molar-refractivity contribution in [1.82, 2.24) is 35.3 Å². The molecule has 5 aliphatic rings. The zero-order valence-corrected chi connectivity index (χ0v) is 25.9. The first-order valence-corrected chi connectivity index (χ1v) is 15.8. The second-order valence-electron chi connectivity index (χ2n) is 13.5. The highest BCUT2D eigenvalue weighted by atomic mass is 16.6. The summed E-state index contributed by atoms with van der Waals surface area (Å²) in [4.78, 5) is 58.2. The number of nitrogens with zero attached hydrogens (tertiary/aromatic N) is 5. The van der Waals surface area contributed by atoms with Crippen LogP contribution >= 0.6 is 0 Å². The molecule has 0 unspecified atom stereocenters. The fraction of sp³-hybridized carbons (Fsp3) is 0.581. The van der Waals surface area contributed by atoms with E-state index in [9.17, 15) is 19.2 Å². The first kappa shape index (κ1) is 29.5. The van der Waals surface area contributed by atoms with Crippen molar-refractivity contribution >= 4 is 29.6 Å². The van der Waals surface area contributed by atoms with E-state index in [4.69, 9.17) is 9.47 Å². The molecular formula is C31H40N8O6. The number of H-pyrrole nitrogens is 1. The molecule has 0 spiro atoms. The van der Waals surface area contributed by atoms with E-state index in [0.717, 1.165) is 12.1 Å². The van der Waals surface area contributed by atoms with Gasteiger partial charge in [0.25, 0.3) is 0 Å². The largest absolute Gasteiger partial charge is 0.444 e. The number of nitrogens with one attached hydrogen (secondary N) is 3. The molecule has 1 aromatic heterocycles. The van der Waals surface area contributed by atoms with Crippen molar-refractivity contribution in [3.8, 4) is 11.3 Å². The van der Waals surface area contributed by atoms with E-state index in [-0.39, 0.29) is 35.9 Å². The Labute approximate surface area is 261 Å². The molecule has 14 heteroatoms. The lowest BCUT2D eigenvalue weighted by Gasteiger charge is -2.39. The van der Waals surface area contributed by atoms with E-state index in [1.807, 2.05) is 42.7 Å². The highest BCUT2D eigenvalue weighted by Gasteiger charge is 2.49. The summed E-state index contributed by atoms with van der Waals surface area (Å²) in [5.41, 5.74) is 5.78. The fourth-order valence-corrected chi connectivity index (χ4v) is 7.25. The summed E-state index contributed by atoms with van der Waals surface area (Å²) in [5.74, 6) is -0.116. The molecule has 2 atom stereocenters. The zero-order valence-electron chi connectivity index (χ0n) is 25.9. The minimum atomic E-state index is -0.556. The number of piperazine rings is 1. The SMILES string of the molecule is CC(C)(C)OC(=O)N1C[C@@H]2C[C@H]1CN2C(=O)N1CCC(c2[nH]nc3c2C(=O)c2c(NC(=O)NN4CCOCC4)cccc2-3)CC1. The van der Waals surface area contributed by atoms with Gasteiger partial charge in [0.15, 0.2) is 5.78 Å². The smallest absolute Gasteiger partial charge is 0.410 e. The van der Waals surface area contributed by atoms with Crippen molar-refractivity contribution in [1.29, 1.82) is 0 Å². The average Bonchev–Trinajstić information content (AvgIpc) is 3.79. The number of aromatic nitrogens is 2. The highest BCUT2D eigenvalue weighted by Crippen LogP contribution is 2.44. The molecule has 240 valence electrons. The number of anilines is 1. The number of amides is 5. The second kappa shape index (κ2) is 11.3. The van der Waals surface area contributed by atoms with Crippen molar-refractivity contribution < 1.29 is 28.7 Å². The molecule has 4 fully saturated rings. The standard InChI is InChI=1S/C31H40N8O6/c1-31(2,3)45-30(43)39-17-19-15-20(39)16-38(19)29(42)36-9-7-18(8-10-36)25-24-26(34-33-25)21-5-4-6-22(23(21)27(24)40)32-28(41)35-37-11-13-44-14-12-37/h4-6,18-20H,7-17H2,1-3H3,(H,33,34)(H2,32,35,41)/t19-,20-/m0/s1. The maximum atomic E-state index is 13.8. The third-order valence-electron chi connectivity index (χ3n) is 9.37. The maximum Gasteiger partial charge on any atom is 0.410 e.